The molecule has 1 saturated heterocycles. The molecule has 3 amide bonds. The van der Waals surface area contributed by atoms with Crippen molar-refractivity contribution in [2.45, 2.75) is 51.7 Å². The highest BCUT2D eigenvalue weighted by Crippen LogP contribution is 2.24. The Bertz CT molecular complexity index is 853. The maximum atomic E-state index is 12.8. The van der Waals surface area contributed by atoms with Crippen LogP contribution in [-0.2, 0) is 6.54 Å². The topological polar surface area (TPSA) is 73.5 Å². The number of hydrogen-bond acceptors (Lipinski definition) is 3. The lowest BCUT2D eigenvalue weighted by Gasteiger charge is -2.35. The second-order valence-corrected chi connectivity index (χ2v) is 8.80. The van der Waals surface area contributed by atoms with Crippen LogP contribution < -0.4 is 20.9 Å². The number of rotatable bonds is 5. The maximum Gasteiger partial charge on any atom is 0.315 e. The number of carbonyl (C=O) groups excluding carboxylic acids is 2. The summed E-state index contributed by atoms with van der Waals surface area (Å²) in [5, 5.41) is 9.03. The summed E-state index contributed by atoms with van der Waals surface area (Å²) in [5.74, 6) is -0.0701. The van der Waals surface area contributed by atoms with Crippen molar-refractivity contribution in [2.75, 3.05) is 18.0 Å². The van der Waals surface area contributed by atoms with Gasteiger partial charge in [0.15, 0.2) is 0 Å². The molecular weight excluding hydrogens is 376 g/mol. The third kappa shape index (κ3) is 6.24. The van der Waals surface area contributed by atoms with Crippen LogP contribution in [0.3, 0.4) is 0 Å². The van der Waals surface area contributed by atoms with Gasteiger partial charge in [-0.3, -0.25) is 4.79 Å². The zero-order valence-electron chi connectivity index (χ0n) is 18.1. The number of piperidine rings is 1. The number of amides is 3. The highest BCUT2D eigenvalue weighted by Gasteiger charge is 2.24. The lowest BCUT2D eigenvalue weighted by atomic mass is 10.0. The molecule has 160 valence electrons. The zero-order chi connectivity index (χ0) is 21.6. The van der Waals surface area contributed by atoms with Crippen LogP contribution >= 0.6 is 0 Å². The molecule has 6 nitrogen and oxygen atoms in total. The summed E-state index contributed by atoms with van der Waals surface area (Å²) in [6.07, 6.45) is 1.69. The van der Waals surface area contributed by atoms with Crippen molar-refractivity contribution >= 4 is 17.6 Å². The number of nitrogens with one attached hydrogen (secondary N) is 3. The molecule has 1 heterocycles. The third-order valence-corrected chi connectivity index (χ3v) is 5.10. The van der Waals surface area contributed by atoms with Crippen molar-refractivity contribution in [3.05, 3.63) is 65.7 Å². The SMILES string of the molecule is CC(C)(C)NC(=O)NC1CCN(c2ccccc2C(=O)NCc2ccccc2)CC1. The Kier molecular flexibility index (Phi) is 6.98. The highest BCUT2D eigenvalue weighted by atomic mass is 16.2. The van der Waals surface area contributed by atoms with Gasteiger partial charge in [0.2, 0.25) is 0 Å². The van der Waals surface area contributed by atoms with Crippen LogP contribution in [0.5, 0.6) is 0 Å². The van der Waals surface area contributed by atoms with Crippen LogP contribution in [0.2, 0.25) is 0 Å². The Labute approximate surface area is 179 Å². The van der Waals surface area contributed by atoms with Gasteiger partial charge in [-0.05, 0) is 51.3 Å². The van der Waals surface area contributed by atoms with Gasteiger partial charge in [-0.25, -0.2) is 4.79 Å². The first-order valence-corrected chi connectivity index (χ1v) is 10.6. The summed E-state index contributed by atoms with van der Waals surface area (Å²) >= 11 is 0. The molecule has 0 atom stereocenters. The molecule has 0 unspecified atom stereocenters. The van der Waals surface area contributed by atoms with Crippen molar-refractivity contribution < 1.29 is 9.59 Å². The molecule has 1 fully saturated rings. The van der Waals surface area contributed by atoms with Crippen LogP contribution in [0.1, 0.15) is 49.5 Å². The molecule has 3 rings (SSSR count). The average molecular weight is 409 g/mol. The van der Waals surface area contributed by atoms with Crippen molar-refractivity contribution in [1.29, 1.82) is 0 Å². The molecule has 0 spiro atoms. The molecule has 0 bridgehead atoms. The number of nitrogens with zero attached hydrogens (tertiary/aromatic N) is 1. The first kappa shape index (κ1) is 21.7. The monoisotopic (exact) mass is 408 g/mol. The van der Waals surface area contributed by atoms with E-state index in [-0.39, 0.29) is 23.5 Å². The summed E-state index contributed by atoms with van der Waals surface area (Å²) in [6, 6.07) is 17.6. The van der Waals surface area contributed by atoms with E-state index in [9.17, 15) is 9.59 Å². The van der Waals surface area contributed by atoms with E-state index in [1.165, 1.54) is 0 Å². The van der Waals surface area contributed by atoms with Crippen molar-refractivity contribution in [2.24, 2.45) is 0 Å². The van der Waals surface area contributed by atoms with Gasteiger partial charge in [0, 0.05) is 36.9 Å². The first-order chi connectivity index (χ1) is 14.3. The number of para-hydroxylation sites is 1. The second kappa shape index (κ2) is 9.65. The van der Waals surface area contributed by atoms with Gasteiger partial charge in [-0.15, -0.1) is 0 Å². The molecule has 0 aromatic heterocycles. The standard InChI is InChI=1S/C24H32N4O2/c1-24(2,3)27-23(30)26-19-13-15-28(16-14-19)21-12-8-7-11-20(21)22(29)25-17-18-9-5-4-6-10-18/h4-12,19H,13-17H2,1-3H3,(H,25,29)(H2,26,27,30). The number of benzene rings is 2. The minimum atomic E-state index is -0.253. The largest absolute Gasteiger partial charge is 0.371 e. The smallest absolute Gasteiger partial charge is 0.315 e. The van der Waals surface area contributed by atoms with Gasteiger partial charge in [0.05, 0.1) is 5.56 Å². The maximum absolute atomic E-state index is 12.8. The fourth-order valence-electron chi connectivity index (χ4n) is 3.64. The Balaban J connectivity index is 1.57. The minimum Gasteiger partial charge on any atom is -0.371 e. The van der Waals surface area contributed by atoms with Gasteiger partial charge in [0.25, 0.3) is 5.91 Å². The third-order valence-electron chi connectivity index (χ3n) is 5.10. The van der Waals surface area contributed by atoms with Crippen LogP contribution in [0.25, 0.3) is 0 Å². The predicted molar refractivity (Wildman–Crippen MR) is 121 cm³/mol. The lowest BCUT2D eigenvalue weighted by Crippen LogP contribution is -2.52. The Morgan fingerprint density at radius 2 is 1.60 bits per heavy atom. The van der Waals surface area contributed by atoms with E-state index in [0.717, 1.165) is 37.2 Å². The molecule has 30 heavy (non-hydrogen) atoms. The molecule has 2 aromatic rings. The molecular formula is C24H32N4O2. The van der Waals surface area contributed by atoms with E-state index in [0.29, 0.717) is 12.1 Å². The van der Waals surface area contributed by atoms with Gasteiger partial charge < -0.3 is 20.9 Å². The Morgan fingerprint density at radius 3 is 2.27 bits per heavy atom. The van der Waals surface area contributed by atoms with Gasteiger partial charge in [-0.1, -0.05) is 42.5 Å². The zero-order valence-corrected chi connectivity index (χ0v) is 18.1. The molecule has 6 heteroatoms. The van der Waals surface area contributed by atoms with E-state index in [2.05, 4.69) is 20.9 Å². The normalized spacial score (nSPS) is 14.8. The van der Waals surface area contributed by atoms with E-state index in [4.69, 9.17) is 0 Å². The fraction of sp³-hybridized carbons (Fsp3) is 0.417. The second-order valence-electron chi connectivity index (χ2n) is 8.80. The molecule has 0 aliphatic carbocycles. The summed E-state index contributed by atoms with van der Waals surface area (Å²) in [6.45, 7) is 7.99. The number of carbonyl (C=O) groups is 2. The van der Waals surface area contributed by atoms with Gasteiger partial charge in [0.1, 0.15) is 0 Å². The number of hydrogen-bond donors (Lipinski definition) is 3. The number of anilines is 1. The first-order valence-electron chi connectivity index (χ1n) is 10.6. The summed E-state index contributed by atoms with van der Waals surface area (Å²) in [4.78, 5) is 27.2. The van der Waals surface area contributed by atoms with Crippen LogP contribution in [0, 0.1) is 0 Å². The fourth-order valence-corrected chi connectivity index (χ4v) is 3.64. The molecule has 2 aromatic carbocycles. The summed E-state index contributed by atoms with van der Waals surface area (Å²) in [5.41, 5.74) is 2.45. The van der Waals surface area contributed by atoms with E-state index in [1.807, 2.05) is 75.4 Å². The van der Waals surface area contributed by atoms with Gasteiger partial charge >= 0.3 is 6.03 Å². The molecule has 1 aliphatic heterocycles. The summed E-state index contributed by atoms with van der Waals surface area (Å²) in [7, 11) is 0. The summed E-state index contributed by atoms with van der Waals surface area (Å²) < 4.78 is 0. The van der Waals surface area contributed by atoms with Gasteiger partial charge in [-0.2, -0.15) is 0 Å². The molecule has 1 aliphatic rings. The highest BCUT2D eigenvalue weighted by molar-refractivity contribution is 5.99. The molecule has 0 saturated carbocycles. The Hall–Kier alpha value is -3.02. The predicted octanol–water partition coefficient (Wildman–Crippen LogP) is 3.68. The van der Waals surface area contributed by atoms with E-state index >= 15 is 0 Å². The van der Waals surface area contributed by atoms with Crippen LogP contribution in [0.15, 0.2) is 54.6 Å². The number of urea groups is 1. The average Bonchev–Trinajstić information content (AvgIpc) is 2.72. The Morgan fingerprint density at radius 1 is 0.967 bits per heavy atom. The van der Waals surface area contributed by atoms with Crippen molar-refractivity contribution in [3.63, 3.8) is 0 Å². The lowest BCUT2D eigenvalue weighted by molar-refractivity contribution is 0.0951. The van der Waals surface area contributed by atoms with E-state index < -0.39 is 0 Å². The van der Waals surface area contributed by atoms with Crippen molar-refractivity contribution in [3.8, 4) is 0 Å². The van der Waals surface area contributed by atoms with Crippen LogP contribution in [0.4, 0.5) is 10.5 Å². The van der Waals surface area contributed by atoms with E-state index in [1.54, 1.807) is 0 Å². The molecule has 3 N–H and O–H groups in total. The quantitative estimate of drug-likeness (QED) is 0.707. The molecule has 0 radical (unpaired) electrons. The van der Waals surface area contributed by atoms with Crippen LogP contribution in [-0.4, -0.2) is 36.6 Å². The van der Waals surface area contributed by atoms with Crippen molar-refractivity contribution in [1.82, 2.24) is 16.0 Å². The minimum absolute atomic E-state index is 0.0701.